The molecule has 0 saturated heterocycles. The Kier molecular flexibility index (Phi) is 4.13. The summed E-state index contributed by atoms with van der Waals surface area (Å²) in [6.45, 7) is 5.82. The molecule has 3 nitrogen and oxygen atoms in total. The number of nitrogen functional groups attached to an aromatic ring is 1. The summed E-state index contributed by atoms with van der Waals surface area (Å²) in [6.07, 6.45) is -4.53. The summed E-state index contributed by atoms with van der Waals surface area (Å²) in [5.74, 6) is 0.244. The largest absolute Gasteiger partial charge is 0.416 e. The summed E-state index contributed by atoms with van der Waals surface area (Å²) >= 11 is 11.9. The number of hydrogen-bond donors (Lipinski definition) is 1. The van der Waals surface area contributed by atoms with Crippen molar-refractivity contribution >= 4 is 29.0 Å². The summed E-state index contributed by atoms with van der Waals surface area (Å²) in [7, 11) is 0. The standard InChI is InChI=1S/C14H14Cl2F3N3/c1-13(2,3)10-6-11(20)22(21-10)12-8(15)4-7(5-9(12)16)14(17,18)19/h4-6H,20H2,1-3H3. The highest BCUT2D eigenvalue weighted by molar-refractivity contribution is 6.37. The lowest BCUT2D eigenvalue weighted by Gasteiger charge is -2.15. The van der Waals surface area contributed by atoms with Gasteiger partial charge in [-0.2, -0.15) is 18.3 Å². The van der Waals surface area contributed by atoms with Crippen LogP contribution in [0.15, 0.2) is 18.2 Å². The molecule has 0 saturated carbocycles. The molecule has 0 spiro atoms. The monoisotopic (exact) mass is 351 g/mol. The number of nitrogens with zero attached hydrogens (tertiary/aromatic N) is 2. The molecule has 0 aliphatic heterocycles. The van der Waals surface area contributed by atoms with E-state index in [9.17, 15) is 13.2 Å². The second-order valence-corrected chi connectivity index (χ2v) is 6.72. The molecular formula is C14H14Cl2F3N3. The van der Waals surface area contributed by atoms with Gasteiger partial charge in [0.1, 0.15) is 11.5 Å². The molecule has 0 unspecified atom stereocenters. The summed E-state index contributed by atoms with van der Waals surface area (Å²) in [4.78, 5) is 0. The maximum absolute atomic E-state index is 12.8. The number of hydrogen-bond acceptors (Lipinski definition) is 2. The van der Waals surface area contributed by atoms with Gasteiger partial charge in [-0.15, -0.1) is 0 Å². The van der Waals surface area contributed by atoms with Crippen molar-refractivity contribution in [2.24, 2.45) is 0 Å². The van der Waals surface area contributed by atoms with E-state index in [4.69, 9.17) is 28.9 Å². The maximum Gasteiger partial charge on any atom is 0.416 e. The highest BCUT2D eigenvalue weighted by atomic mass is 35.5. The normalized spacial score (nSPS) is 12.7. The van der Waals surface area contributed by atoms with Gasteiger partial charge in [-0.3, -0.25) is 0 Å². The lowest BCUT2D eigenvalue weighted by atomic mass is 9.92. The fourth-order valence-corrected chi connectivity index (χ4v) is 2.52. The molecule has 1 aromatic carbocycles. The van der Waals surface area contributed by atoms with Crippen LogP contribution in [0.2, 0.25) is 10.0 Å². The Morgan fingerprint density at radius 2 is 1.55 bits per heavy atom. The molecule has 0 aliphatic carbocycles. The number of halogens is 5. The molecule has 0 fully saturated rings. The van der Waals surface area contributed by atoms with Crippen molar-refractivity contribution in [3.8, 4) is 5.69 Å². The van der Waals surface area contributed by atoms with E-state index in [1.54, 1.807) is 6.07 Å². The van der Waals surface area contributed by atoms with E-state index in [2.05, 4.69) is 5.10 Å². The fourth-order valence-electron chi connectivity index (χ4n) is 1.87. The lowest BCUT2D eigenvalue weighted by molar-refractivity contribution is -0.137. The third-order valence-electron chi connectivity index (χ3n) is 3.06. The van der Waals surface area contributed by atoms with Gasteiger partial charge >= 0.3 is 6.18 Å². The third-order valence-corrected chi connectivity index (χ3v) is 3.64. The Morgan fingerprint density at radius 3 is 1.91 bits per heavy atom. The molecule has 8 heteroatoms. The zero-order valence-corrected chi connectivity index (χ0v) is 13.6. The quantitative estimate of drug-likeness (QED) is 0.778. The second kappa shape index (κ2) is 5.35. The van der Waals surface area contributed by atoms with Crippen LogP contribution >= 0.6 is 23.2 Å². The van der Waals surface area contributed by atoms with Crippen LogP contribution < -0.4 is 5.73 Å². The van der Waals surface area contributed by atoms with Crippen molar-refractivity contribution in [1.29, 1.82) is 0 Å². The minimum Gasteiger partial charge on any atom is -0.384 e. The average molecular weight is 352 g/mol. The molecule has 0 aliphatic rings. The van der Waals surface area contributed by atoms with Gasteiger partial charge in [-0.1, -0.05) is 44.0 Å². The smallest absolute Gasteiger partial charge is 0.384 e. The summed E-state index contributed by atoms with van der Waals surface area (Å²) < 4.78 is 39.5. The van der Waals surface area contributed by atoms with Crippen molar-refractivity contribution in [3.05, 3.63) is 39.5 Å². The van der Waals surface area contributed by atoms with Crippen LogP contribution in [0, 0.1) is 0 Å². The van der Waals surface area contributed by atoms with Crippen molar-refractivity contribution in [2.45, 2.75) is 32.4 Å². The molecule has 0 bridgehead atoms. The van der Waals surface area contributed by atoms with E-state index in [1.807, 2.05) is 20.8 Å². The van der Waals surface area contributed by atoms with Gasteiger partial charge in [-0.05, 0) is 12.1 Å². The number of alkyl halides is 3. The maximum atomic E-state index is 12.8. The van der Waals surface area contributed by atoms with E-state index < -0.39 is 11.7 Å². The molecule has 22 heavy (non-hydrogen) atoms. The molecular weight excluding hydrogens is 338 g/mol. The Morgan fingerprint density at radius 1 is 1.05 bits per heavy atom. The number of rotatable bonds is 1. The predicted molar refractivity (Wildman–Crippen MR) is 81.7 cm³/mol. The molecule has 1 aromatic heterocycles. The minimum atomic E-state index is -4.53. The van der Waals surface area contributed by atoms with Gasteiger partial charge < -0.3 is 5.73 Å². The molecule has 2 N–H and O–H groups in total. The average Bonchev–Trinajstić information content (AvgIpc) is 2.69. The van der Waals surface area contributed by atoms with Crippen molar-refractivity contribution in [1.82, 2.24) is 9.78 Å². The number of anilines is 1. The Hall–Kier alpha value is -1.40. The molecule has 2 rings (SSSR count). The zero-order valence-electron chi connectivity index (χ0n) is 12.1. The number of aromatic nitrogens is 2. The third kappa shape index (κ3) is 3.17. The summed E-state index contributed by atoms with van der Waals surface area (Å²) in [5, 5.41) is 3.96. The van der Waals surface area contributed by atoms with Gasteiger partial charge in [0.15, 0.2) is 0 Å². The number of benzene rings is 1. The summed E-state index contributed by atoms with van der Waals surface area (Å²) in [5.41, 5.74) is 5.50. The molecule has 0 atom stereocenters. The molecule has 2 aromatic rings. The van der Waals surface area contributed by atoms with E-state index in [0.29, 0.717) is 5.69 Å². The van der Waals surface area contributed by atoms with Crippen LogP contribution in [-0.2, 0) is 11.6 Å². The van der Waals surface area contributed by atoms with E-state index in [0.717, 1.165) is 12.1 Å². The molecule has 0 amide bonds. The van der Waals surface area contributed by atoms with Crippen LogP contribution in [0.4, 0.5) is 19.0 Å². The zero-order chi connectivity index (χ0) is 16.9. The van der Waals surface area contributed by atoms with Gasteiger partial charge in [0.25, 0.3) is 0 Å². The second-order valence-electron chi connectivity index (χ2n) is 5.90. The van der Waals surface area contributed by atoms with Gasteiger partial charge in [0, 0.05) is 11.5 Å². The highest BCUT2D eigenvalue weighted by Crippen LogP contribution is 2.38. The molecule has 1 heterocycles. The summed E-state index contributed by atoms with van der Waals surface area (Å²) in [6, 6.07) is 3.26. The lowest BCUT2D eigenvalue weighted by Crippen LogP contribution is -2.13. The Bertz CT molecular complexity index is 692. The first-order valence-corrected chi connectivity index (χ1v) is 7.09. The minimum absolute atomic E-state index is 0.129. The first-order chi connectivity index (χ1) is 9.91. The van der Waals surface area contributed by atoms with Crippen molar-refractivity contribution in [3.63, 3.8) is 0 Å². The van der Waals surface area contributed by atoms with E-state index >= 15 is 0 Å². The first-order valence-electron chi connectivity index (χ1n) is 6.34. The molecule has 0 radical (unpaired) electrons. The fraction of sp³-hybridized carbons (Fsp3) is 0.357. The van der Waals surface area contributed by atoms with Crippen LogP contribution in [0.3, 0.4) is 0 Å². The van der Waals surface area contributed by atoms with Crippen LogP contribution in [0.25, 0.3) is 5.69 Å². The number of nitrogens with two attached hydrogens (primary N) is 1. The van der Waals surface area contributed by atoms with Crippen LogP contribution in [0.5, 0.6) is 0 Å². The van der Waals surface area contributed by atoms with E-state index in [-0.39, 0.29) is 27.0 Å². The van der Waals surface area contributed by atoms with Gasteiger partial charge in [-0.25, -0.2) is 4.68 Å². The molecule has 120 valence electrons. The first kappa shape index (κ1) is 17.0. The SMILES string of the molecule is CC(C)(C)c1cc(N)n(-c2c(Cl)cc(C(F)(F)F)cc2Cl)n1. The van der Waals surface area contributed by atoms with Crippen molar-refractivity contribution < 1.29 is 13.2 Å². The van der Waals surface area contributed by atoms with Crippen LogP contribution in [-0.4, -0.2) is 9.78 Å². The Labute approximate surface area is 135 Å². The van der Waals surface area contributed by atoms with Gasteiger partial charge in [0.2, 0.25) is 0 Å². The topological polar surface area (TPSA) is 43.8 Å². The van der Waals surface area contributed by atoms with Crippen molar-refractivity contribution in [2.75, 3.05) is 5.73 Å². The van der Waals surface area contributed by atoms with Gasteiger partial charge in [0.05, 0.1) is 21.3 Å². The highest BCUT2D eigenvalue weighted by Gasteiger charge is 2.32. The van der Waals surface area contributed by atoms with Crippen LogP contribution in [0.1, 0.15) is 32.0 Å². The predicted octanol–water partition coefficient (Wildman–Crippen LogP) is 5.08. The van der Waals surface area contributed by atoms with E-state index in [1.165, 1.54) is 4.68 Å². The Balaban J connectivity index is 2.62.